The van der Waals surface area contributed by atoms with E-state index in [1.54, 1.807) is 29.4 Å². The third-order valence-electron chi connectivity index (χ3n) is 5.98. The standard InChI is InChI=1S/C25H24N4O3S2/c1-18-5-4-6-22-23(18)27-25(33-22)29(17-19-11-13-26-14-12-19)24(30)20-7-9-21(10-8-20)34(31,32)28-15-2-3-16-28/h4-14H,2-3,15-17H2,1H3. The van der Waals surface area contributed by atoms with E-state index in [1.807, 2.05) is 37.3 Å². The van der Waals surface area contributed by atoms with Crippen molar-refractivity contribution in [3.8, 4) is 0 Å². The van der Waals surface area contributed by atoms with Crippen molar-refractivity contribution in [3.05, 3.63) is 83.7 Å². The van der Waals surface area contributed by atoms with Gasteiger partial charge in [0, 0.05) is 31.0 Å². The Balaban J connectivity index is 1.49. The lowest BCUT2D eigenvalue weighted by Gasteiger charge is -2.20. The minimum Gasteiger partial charge on any atom is -0.279 e. The molecular weight excluding hydrogens is 468 g/mol. The van der Waals surface area contributed by atoms with Crippen LogP contribution >= 0.6 is 11.3 Å². The molecule has 0 N–H and O–H groups in total. The minimum atomic E-state index is -3.53. The SMILES string of the molecule is Cc1cccc2sc(N(Cc3ccncc3)C(=O)c3ccc(S(=O)(=O)N4CCCC4)cc3)nc12. The topological polar surface area (TPSA) is 83.5 Å². The van der Waals surface area contributed by atoms with Gasteiger partial charge in [-0.1, -0.05) is 23.5 Å². The third kappa shape index (κ3) is 4.34. The highest BCUT2D eigenvalue weighted by Crippen LogP contribution is 2.32. The number of aryl methyl sites for hydroxylation is 1. The van der Waals surface area contributed by atoms with Crippen LogP contribution in [-0.4, -0.2) is 41.7 Å². The summed E-state index contributed by atoms with van der Waals surface area (Å²) in [5.41, 5.74) is 3.26. The smallest absolute Gasteiger partial charge is 0.260 e. The molecule has 34 heavy (non-hydrogen) atoms. The van der Waals surface area contributed by atoms with Crippen molar-refractivity contribution in [2.24, 2.45) is 0 Å². The number of thiazole rings is 1. The Bertz CT molecular complexity index is 1430. The monoisotopic (exact) mass is 492 g/mol. The maximum absolute atomic E-state index is 13.6. The van der Waals surface area contributed by atoms with Crippen LogP contribution in [0.3, 0.4) is 0 Å². The average Bonchev–Trinajstić information content (AvgIpc) is 3.54. The molecule has 1 amide bonds. The summed E-state index contributed by atoms with van der Waals surface area (Å²) in [6.45, 7) is 3.41. The molecule has 0 unspecified atom stereocenters. The molecule has 0 bridgehead atoms. The van der Waals surface area contributed by atoms with Crippen LogP contribution in [0.5, 0.6) is 0 Å². The Labute approximate surface area is 202 Å². The summed E-state index contributed by atoms with van der Waals surface area (Å²) in [6, 6.07) is 15.9. The molecule has 2 aromatic carbocycles. The Hall–Kier alpha value is -3.14. The number of carbonyl (C=O) groups is 1. The summed E-state index contributed by atoms with van der Waals surface area (Å²) in [7, 11) is -3.53. The second-order valence-corrected chi connectivity index (χ2v) is 11.2. The number of sulfonamides is 1. The van der Waals surface area contributed by atoms with Crippen LogP contribution < -0.4 is 4.90 Å². The van der Waals surface area contributed by atoms with Crippen LogP contribution in [0.15, 0.2) is 71.9 Å². The molecule has 1 saturated heterocycles. The lowest BCUT2D eigenvalue weighted by atomic mass is 10.2. The molecule has 4 aromatic rings. The van der Waals surface area contributed by atoms with Gasteiger partial charge in [0.05, 0.1) is 21.7 Å². The van der Waals surface area contributed by atoms with Gasteiger partial charge >= 0.3 is 0 Å². The van der Waals surface area contributed by atoms with Crippen molar-refractivity contribution in [1.82, 2.24) is 14.3 Å². The maximum Gasteiger partial charge on any atom is 0.260 e. The highest BCUT2D eigenvalue weighted by Gasteiger charge is 2.28. The van der Waals surface area contributed by atoms with Gasteiger partial charge in [0.1, 0.15) is 0 Å². The summed E-state index contributed by atoms with van der Waals surface area (Å²) in [5.74, 6) is -0.237. The fourth-order valence-electron chi connectivity index (χ4n) is 4.09. The van der Waals surface area contributed by atoms with Crippen LogP contribution in [0.25, 0.3) is 10.2 Å². The second-order valence-electron chi connectivity index (χ2n) is 8.30. The number of nitrogens with zero attached hydrogens (tertiary/aromatic N) is 4. The van der Waals surface area contributed by atoms with Crippen molar-refractivity contribution in [1.29, 1.82) is 0 Å². The fourth-order valence-corrected chi connectivity index (χ4v) is 6.65. The molecule has 9 heteroatoms. The molecule has 0 spiro atoms. The van der Waals surface area contributed by atoms with Crippen LogP contribution in [-0.2, 0) is 16.6 Å². The third-order valence-corrected chi connectivity index (χ3v) is 8.94. The number of hydrogen-bond acceptors (Lipinski definition) is 6. The first-order valence-electron chi connectivity index (χ1n) is 11.1. The molecule has 7 nitrogen and oxygen atoms in total. The number of benzene rings is 2. The van der Waals surface area contributed by atoms with Crippen LogP contribution in [0.1, 0.15) is 34.3 Å². The molecule has 0 saturated carbocycles. The number of hydrogen-bond donors (Lipinski definition) is 0. The molecular formula is C25H24N4O3S2. The van der Waals surface area contributed by atoms with E-state index in [9.17, 15) is 13.2 Å². The summed E-state index contributed by atoms with van der Waals surface area (Å²) in [5, 5.41) is 0.597. The Morgan fingerprint density at radius 1 is 1.03 bits per heavy atom. The van der Waals surface area contributed by atoms with E-state index in [0.29, 0.717) is 30.3 Å². The van der Waals surface area contributed by atoms with Gasteiger partial charge in [-0.15, -0.1) is 0 Å². The summed E-state index contributed by atoms with van der Waals surface area (Å²) in [4.78, 5) is 24.3. The van der Waals surface area contributed by atoms with E-state index in [-0.39, 0.29) is 10.8 Å². The fraction of sp³-hybridized carbons (Fsp3) is 0.240. The number of para-hydroxylation sites is 1. The number of pyridine rings is 1. The van der Waals surface area contributed by atoms with Gasteiger partial charge in [0.2, 0.25) is 10.0 Å². The highest BCUT2D eigenvalue weighted by molar-refractivity contribution is 7.89. The predicted octanol–water partition coefficient (Wildman–Crippen LogP) is 4.63. The number of fused-ring (bicyclic) bond motifs is 1. The Morgan fingerprint density at radius 2 is 1.74 bits per heavy atom. The zero-order valence-electron chi connectivity index (χ0n) is 18.7. The summed E-state index contributed by atoms with van der Waals surface area (Å²) in [6.07, 6.45) is 5.14. The van der Waals surface area contributed by atoms with Gasteiger partial charge in [0.25, 0.3) is 5.91 Å². The van der Waals surface area contributed by atoms with E-state index in [0.717, 1.165) is 34.2 Å². The van der Waals surface area contributed by atoms with E-state index < -0.39 is 10.0 Å². The van der Waals surface area contributed by atoms with Gasteiger partial charge in [-0.05, 0) is 73.4 Å². The van der Waals surface area contributed by atoms with Crippen molar-refractivity contribution < 1.29 is 13.2 Å². The number of amides is 1. The van der Waals surface area contributed by atoms with E-state index >= 15 is 0 Å². The van der Waals surface area contributed by atoms with Gasteiger partial charge in [0.15, 0.2) is 5.13 Å². The summed E-state index contributed by atoms with van der Waals surface area (Å²) >= 11 is 1.46. The Kier molecular flexibility index (Phi) is 6.16. The Morgan fingerprint density at radius 3 is 2.41 bits per heavy atom. The minimum absolute atomic E-state index is 0.210. The second kappa shape index (κ2) is 9.25. The van der Waals surface area contributed by atoms with Crippen LogP contribution in [0.2, 0.25) is 0 Å². The number of aromatic nitrogens is 2. The van der Waals surface area contributed by atoms with Crippen molar-refractivity contribution >= 4 is 42.6 Å². The number of carbonyl (C=O) groups excluding carboxylic acids is 1. The molecule has 5 rings (SSSR count). The van der Waals surface area contributed by atoms with Crippen molar-refractivity contribution in [3.63, 3.8) is 0 Å². The first kappa shape index (κ1) is 22.6. The van der Waals surface area contributed by atoms with Gasteiger partial charge in [-0.25, -0.2) is 13.4 Å². The first-order valence-corrected chi connectivity index (χ1v) is 13.4. The van der Waals surface area contributed by atoms with Crippen LogP contribution in [0, 0.1) is 6.92 Å². The summed E-state index contributed by atoms with van der Waals surface area (Å²) < 4.78 is 28.2. The molecule has 1 aliphatic rings. The lowest BCUT2D eigenvalue weighted by molar-refractivity contribution is 0.0985. The molecule has 3 heterocycles. The number of rotatable bonds is 6. The average molecular weight is 493 g/mol. The lowest BCUT2D eigenvalue weighted by Crippen LogP contribution is -2.30. The molecule has 1 fully saturated rings. The predicted molar refractivity (Wildman–Crippen MR) is 134 cm³/mol. The van der Waals surface area contributed by atoms with E-state index in [1.165, 1.54) is 27.8 Å². The molecule has 2 aromatic heterocycles. The normalized spacial score (nSPS) is 14.5. The number of anilines is 1. The maximum atomic E-state index is 13.6. The van der Waals surface area contributed by atoms with Crippen LogP contribution in [0.4, 0.5) is 5.13 Å². The van der Waals surface area contributed by atoms with Crippen molar-refractivity contribution in [2.75, 3.05) is 18.0 Å². The quantitative estimate of drug-likeness (QED) is 0.392. The molecule has 1 aliphatic heterocycles. The van der Waals surface area contributed by atoms with Crippen molar-refractivity contribution in [2.45, 2.75) is 31.2 Å². The first-order chi connectivity index (χ1) is 16.4. The molecule has 0 aliphatic carbocycles. The van der Waals surface area contributed by atoms with Gasteiger partial charge < -0.3 is 0 Å². The molecule has 0 atom stereocenters. The zero-order chi connectivity index (χ0) is 23.7. The van der Waals surface area contributed by atoms with Gasteiger partial charge in [-0.2, -0.15) is 4.31 Å². The highest BCUT2D eigenvalue weighted by atomic mass is 32.2. The van der Waals surface area contributed by atoms with E-state index in [4.69, 9.17) is 4.98 Å². The van der Waals surface area contributed by atoms with E-state index in [2.05, 4.69) is 4.98 Å². The molecule has 174 valence electrons. The van der Waals surface area contributed by atoms with Gasteiger partial charge in [-0.3, -0.25) is 14.7 Å². The largest absolute Gasteiger partial charge is 0.279 e. The zero-order valence-corrected chi connectivity index (χ0v) is 20.3. The molecule has 0 radical (unpaired) electrons.